The van der Waals surface area contributed by atoms with E-state index in [0.29, 0.717) is 30.3 Å². The van der Waals surface area contributed by atoms with Gasteiger partial charge in [0, 0.05) is 18.9 Å². The molecule has 1 heterocycles. The summed E-state index contributed by atoms with van der Waals surface area (Å²) >= 11 is 0. The van der Waals surface area contributed by atoms with Crippen molar-refractivity contribution in [3.63, 3.8) is 0 Å². The number of rotatable bonds is 8. The average Bonchev–Trinajstić information content (AvgIpc) is 2.69. The lowest BCUT2D eigenvalue weighted by Crippen LogP contribution is -2.27. The van der Waals surface area contributed by atoms with Crippen molar-refractivity contribution in [1.29, 1.82) is 5.26 Å². The van der Waals surface area contributed by atoms with Crippen molar-refractivity contribution in [2.45, 2.75) is 13.3 Å². The smallest absolute Gasteiger partial charge is 0.263 e. The van der Waals surface area contributed by atoms with Crippen LogP contribution in [0.1, 0.15) is 11.1 Å². The number of hydrogen-bond acceptors (Lipinski definition) is 6. The molecular formula is C20H22N4O3. The third-order valence-corrected chi connectivity index (χ3v) is 3.79. The Labute approximate surface area is 158 Å². The van der Waals surface area contributed by atoms with E-state index in [9.17, 15) is 10.1 Å². The summed E-state index contributed by atoms with van der Waals surface area (Å²) in [5.74, 6) is 1.40. The molecule has 7 heteroatoms. The summed E-state index contributed by atoms with van der Waals surface area (Å²) in [4.78, 5) is 16.3. The summed E-state index contributed by atoms with van der Waals surface area (Å²) in [5, 5.41) is 14.8. The number of amides is 1. The van der Waals surface area contributed by atoms with E-state index in [-0.39, 0.29) is 5.57 Å². The normalized spacial score (nSPS) is 10.7. The minimum atomic E-state index is -0.447. The maximum atomic E-state index is 12.2. The highest BCUT2D eigenvalue weighted by molar-refractivity contribution is 5.97. The van der Waals surface area contributed by atoms with Crippen LogP contribution in [0.25, 0.3) is 0 Å². The van der Waals surface area contributed by atoms with E-state index < -0.39 is 5.91 Å². The van der Waals surface area contributed by atoms with Crippen molar-refractivity contribution in [1.82, 2.24) is 10.3 Å². The zero-order valence-electron chi connectivity index (χ0n) is 15.6. The topological polar surface area (TPSA) is 96.3 Å². The highest BCUT2D eigenvalue weighted by atomic mass is 16.5. The fraction of sp³-hybridized carbons (Fsp3) is 0.250. The number of nitriles is 1. The molecule has 0 saturated heterocycles. The van der Waals surface area contributed by atoms with Gasteiger partial charge < -0.3 is 20.1 Å². The largest absolute Gasteiger partial charge is 0.493 e. The summed E-state index contributed by atoms with van der Waals surface area (Å²) in [6.07, 6.45) is 3.65. The minimum absolute atomic E-state index is 0.0234. The molecule has 2 aromatic rings. The number of ether oxygens (including phenoxy) is 2. The standard InChI is InChI=1S/C20H22N4O3/c1-14-4-7-19(23-12-14)24-13-16(11-21)20(25)22-9-8-15-5-6-17(26-2)18(10-15)27-3/h4-7,10,12-13H,8-9H2,1-3H3,(H,22,25)(H,23,24)/b16-13-. The van der Waals surface area contributed by atoms with Gasteiger partial charge in [0.25, 0.3) is 5.91 Å². The van der Waals surface area contributed by atoms with Crippen molar-refractivity contribution in [2.24, 2.45) is 0 Å². The molecule has 1 aromatic heterocycles. The summed E-state index contributed by atoms with van der Waals surface area (Å²) in [5.41, 5.74) is 1.99. The lowest BCUT2D eigenvalue weighted by molar-refractivity contribution is -0.117. The SMILES string of the molecule is COc1ccc(CCNC(=O)/C(C#N)=C\Nc2ccc(C)cn2)cc1OC. The number of benzene rings is 1. The van der Waals surface area contributed by atoms with Gasteiger partial charge in [0.05, 0.1) is 14.2 Å². The highest BCUT2D eigenvalue weighted by Gasteiger charge is 2.09. The van der Waals surface area contributed by atoms with Crippen LogP contribution >= 0.6 is 0 Å². The predicted molar refractivity (Wildman–Crippen MR) is 103 cm³/mol. The van der Waals surface area contributed by atoms with Gasteiger partial charge in [-0.25, -0.2) is 4.98 Å². The molecule has 7 nitrogen and oxygen atoms in total. The Morgan fingerprint density at radius 2 is 2.00 bits per heavy atom. The van der Waals surface area contributed by atoms with E-state index in [1.54, 1.807) is 26.5 Å². The fourth-order valence-corrected chi connectivity index (χ4v) is 2.30. The van der Waals surface area contributed by atoms with Crippen molar-refractivity contribution < 1.29 is 14.3 Å². The molecular weight excluding hydrogens is 344 g/mol. The zero-order chi connectivity index (χ0) is 19.6. The Kier molecular flexibility index (Phi) is 7.20. The molecule has 2 N–H and O–H groups in total. The molecule has 1 amide bonds. The average molecular weight is 366 g/mol. The minimum Gasteiger partial charge on any atom is -0.493 e. The van der Waals surface area contributed by atoms with Crippen molar-refractivity contribution in [3.05, 3.63) is 59.4 Å². The van der Waals surface area contributed by atoms with Crippen LogP contribution in [0.5, 0.6) is 11.5 Å². The number of carbonyl (C=O) groups is 1. The van der Waals surface area contributed by atoms with E-state index in [1.165, 1.54) is 6.20 Å². The third-order valence-electron chi connectivity index (χ3n) is 3.79. The van der Waals surface area contributed by atoms with Crippen LogP contribution in [0.4, 0.5) is 5.82 Å². The molecule has 0 atom stereocenters. The molecule has 0 radical (unpaired) electrons. The van der Waals surface area contributed by atoms with Crippen molar-refractivity contribution in [3.8, 4) is 17.6 Å². The quantitative estimate of drug-likeness (QED) is 0.551. The Morgan fingerprint density at radius 1 is 1.22 bits per heavy atom. The second-order valence-corrected chi connectivity index (χ2v) is 5.73. The van der Waals surface area contributed by atoms with Crippen molar-refractivity contribution >= 4 is 11.7 Å². The van der Waals surface area contributed by atoms with Gasteiger partial charge >= 0.3 is 0 Å². The Bertz CT molecular complexity index is 855. The lowest BCUT2D eigenvalue weighted by Gasteiger charge is -2.10. The number of hydrogen-bond donors (Lipinski definition) is 2. The van der Waals surface area contributed by atoms with E-state index in [2.05, 4.69) is 15.6 Å². The maximum Gasteiger partial charge on any atom is 0.263 e. The van der Waals surface area contributed by atoms with Gasteiger partial charge in [0.15, 0.2) is 11.5 Å². The Balaban J connectivity index is 1.90. The first kappa shape index (κ1) is 19.8. The van der Waals surface area contributed by atoms with Gasteiger partial charge in [-0.2, -0.15) is 5.26 Å². The number of anilines is 1. The first-order valence-electron chi connectivity index (χ1n) is 8.36. The molecule has 140 valence electrons. The van der Waals surface area contributed by atoms with Crippen LogP contribution in [-0.2, 0) is 11.2 Å². The predicted octanol–water partition coefficient (Wildman–Crippen LogP) is 2.59. The number of nitrogens with zero attached hydrogens (tertiary/aromatic N) is 2. The zero-order valence-corrected chi connectivity index (χ0v) is 15.6. The third kappa shape index (κ3) is 5.75. The van der Waals surface area contributed by atoms with E-state index >= 15 is 0 Å². The highest BCUT2D eigenvalue weighted by Crippen LogP contribution is 2.27. The molecule has 0 spiro atoms. The number of carbonyl (C=O) groups excluding carboxylic acids is 1. The number of aryl methyl sites for hydroxylation is 1. The van der Waals surface area contributed by atoms with Gasteiger partial charge in [-0.05, 0) is 42.7 Å². The second kappa shape index (κ2) is 9.82. The van der Waals surface area contributed by atoms with Crippen LogP contribution in [0.3, 0.4) is 0 Å². The maximum absolute atomic E-state index is 12.2. The van der Waals surface area contributed by atoms with E-state index in [1.807, 2.05) is 37.3 Å². The summed E-state index contributed by atoms with van der Waals surface area (Å²) in [6.45, 7) is 2.31. The van der Waals surface area contributed by atoms with Gasteiger partial charge in [-0.1, -0.05) is 12.1 Å². The summed E-state index contributed by atoms with van der Waals surface area (Å²) in [7, 11) is 3.15. The molecule has 0 bridgehead atoms. The fourth-order valence-electron chi connectivity index (χ4n) is 2.30. The monoisotopic (exact) mass is 366 g/mol. The molecule has 0 saturated carbocycles. The van der Waals surface area contributed by atoms with Crippen LogP contribution in [0.15, 0.2) is 48.3 Å². The van der Waals surface area contributed by atoms with Gasteiger partial charge in [-0.15, -0.1) is 0 Å². The molecule has 0 unspecified atom stereocenters. The second-order valence-electron chi connectivity index (χ2n) is 5.73. The molecule has 0 aliphatic rings. The van der Waals surface area contributed by atoms with Crippen LogP contribution in [0, 0.1) is 18.3 Å². The van der Waals surface area contributed by atoms with Gasteiger partial charge in [0.1, 0.15) is 17.5 Å². The molecule has 0 aliphatic heterocycles. The first-order chi connectivity index (χ1) is 13.1. The van der Waals surface area contributed by atoms with E-state index in [4.69, 9.17) is 9.47 Å². The van der Waals surface area contributed by atoms with Crippen molar-refractivity contribution in [2.75, 3.05) is 26.1 Å². The Morgan fingerprint density at radius 3 is 2.63 bits per heavy atom. The number of pyridine rings is 1. The van der Waals surface area contributed by atoms with Gasteiger partial charge in [-0.3, -0.25) is 4.79 Å². The molecule has 2 rings (SSSR count). The molecule has 1 aromatic carbocycles. The molecule has 27 heavy (non-hydrogen) atoms. The van der Waals surface area contributed by atoms with E-state index in [0.717, 1.165) is 11.1 Å². The number of aromatic nitrogens is 1. The van der Waals surface area contributed by atoms with Crippen LogP contribution in [0.2, 0.25) is 0 Å². The molecule has 0 fully saturated rings. The Hall–Kier alpha value is -3.53. The summed E-state index contributed by atoms with van der Waals surface area (Å²) < 4.78 is 10.5. The first-order valence-corrected chi connectivity index (χ1v) is 8.36. The van der Waals surface area contributed by atoms with Crippen LogP contribution < -0.4 is 20.1 Å². The summed E-state index contributed by atoms with van der Waals surface area (Å²) in [6, 6.07) is 11.1. The number of methoxy groups -OCH3 is 2. The molecule has 0 aliphatic carbocycles. The van der Waals surface area contributed by atoms with Gasteiger partial charge in [0.2, 0.25) is 0 Å². The lowest BCUT2D eigenvalue weighted by atomic mass is 10.1. The van der Waals surface area contributed by atoms with Crippen LogP contribution in [-0.4, -0.2) is 31.7 Å². The number of nitrogens with one attached hydrogen (secondary N) is 2.